The summed E-state index contributed by atoms with van der Waals surface area (Å²) in [5.41, 5.74) is 2.96. The molecule has 0 saturated carbocycles. The molecule has 0 spiro atoms. The number of alkyl halides is 3. The van der Waals surface area contributed by atoms with Crippen molar-refractivity contribution in [1.82, 2.24) is 10.9 Å². The van der Waals surface area contributed by atoms with Gasteiger partial charge in [0.05, 0.1) is 10.5 Å². The van der Waals surface area contributed by atoms with Crippen LogP contribution in [0.5, 0.6) is 5.75 Å². The van der Waals surface area contributed by atoms with Crippen molar-refractivity contribution in [2.75, 3.05) is 5.32 Å². The number of carbonyl (C=O) groups is 2. The van der Waals surface area contributed by atoms with Crippen LogP contribution in [-0.2, 0) is 11.0 Å². The number of ether oxygens (including phenoxy) is 1. The average Bonchev–Trinajstić information content (AvgIpc) is 2.65. The van der Waals surface area contributed by atoms with Crippen LogP contribution >= 0.6 is 0 Å². The number of nitro benzene ring substituents is 1. The van der Waals surface area contributed by atoms with Crippen LogP contribution < -0.4 is 20.9 Å². The summed E-state index contributed by atoms with van der Waals surface area (Å²) in [6, 6.07) is 8.19. The zero-order chi connectivity index (χ0) is 21.6. The summed E-state index contributed by atoms with van der Waals surface area (Å²) in [5, 5.41) is 13.0. The van der Waals surface area contributed by atoms with Crippen molar-refractivity contribution >= 4 is 23.3 Å². The van der Waals surface area contributed by atoms with Crippen LogP contribution in [0.25, 0.3) is 0 Å². The van der Waals surface area contributed by atoms with Gasteiger partial charge in [0.25, 0.3) is 11.6 Å². The molecule has 0 aliphatic rings. The van der Waals surface area contributed by atoms with Gasteiger partial charge < -0.3 is 10.1 Å². The average molecular weight is 412 g/mol. The van der Waals surface area contributed by atoms with Gasteiger partial charge in [-0.25, -0.2) is 10.2 Å². The largest absolute Gasteiger partial charge is 0.481 e. The van der Waals surface area contributed by atoms with Crippen LogP contribution in [0, 0.1) is 10.1 Å². The van der Waals surface area contributed by atoms with Gasteiger partial charge in [0.1, 0.15) is 5.75 Å². The molecule has 2 rings (SSSR count). The molecule has 9 nitrogen and oxygen atoms in total. The Morgan fingerprint density at radius 2 is 1.79 bits per heavy atom. The minimum Gasteiger partial charge on any atom is -0.481 e. The van der Waals surface area contributed by atoms with Crippen molar-refractivity contribution in [3.8, 4) is 5.75 Å². The molecule has 0 aliphatic heterocycles. The zero-order valence-corrected chi connectivity index (χ0v) is 14.8. The number of anilines is 1. The van der Waals surface area contributed by atoms with Crippen molar-refractivity contribution in [1.29, 1.82) is 0 Å². The number of amides is 3. The SMILES string of the molecule is C[C@@H](Oc1cccc(C(F)(F)F)c1)C(=O)NNC(=O)Nc1cccc([N+](=O)[O-])c1. The molecule has 2 aromatic carbocycles. The number of hydrazine groups is 1. The first-order valence-electron chi connectivity index (χ1n) is 8.01. The summed E-state index contributed by atoms with van der Waals surface area (Å²) in [6.07, 6.45) is -5.78. The number of hydrogen-bond acceptors (Lipinski definition) is 5. The summed E-state index contributed by atoms with van der Waals surface area (Å²) in [4.78, 5) is 33.8. The molecule has 0 heterocycles. The number of urea groups is 1. The van der Waals surface area contributed by atoms with Crippen molar-refractivity contribution in [3.63, 3.8) is 0 Å². The lowest BCUT2D eigenvalue weighted by Gasteiger charge is -2.16. The second kappa shape index (κ2) is 8.91. The van der Waals surface area contributed by atoms with E-state index in [1.807, 2.05) is 10.9 Å². The van der Waals surface area contributed by atoms with Crippen molar-refractivity contribution in [2.45, 2.75) is 19.2 Å². The Balaban J connectivity index is 1.88. The highest BCUT2D eigenvalue weighted by Gasteiger charge is 2.31. The van der Waals surface area contributed by atoms with Gasteiger partial charge in [-0.05, 0) is 31.2 Å². The molecule has 12 heteroatoms. The summed E-state index contributed by atoms with van der Waals surface area (Å²) < 4.78 is 43.2. The molecule has 0 aromatic heterocycles. The molecule has 3 N–H and O–H groups in total. The quantitative estimate of drug-likeness (QED) is 0.514. The van der Waals surface area contributed by atoms with Crippen LogP contribution in [0.3, 0.4) is 0 Å². The molecular formula is C17H15F3N4O5. The van der Waals surface area contributed by atoms with E-state index in [-0.39, 0.29) is 17.1 Å². The molecule has 0 saturated heterocycles. The normalized spacial score (nSPS) is 11.9. The number of carbonyl (C=O) groups excluding carboxylic acids is 2. The maximum atomic E-state index is 12.7. The molecule has 0 unspecified atom stereocenters. The summed E-state index contributed by atoms with van der Waals surface area (Å²) in [6.45, 7) is 1.27. The summed E-state index contributed by atoms with van der Waals surface area (Å²) in [5.74, 6) is -1.01. The number of nitrogens with one attached hydrogen (secondary N) is 3. The van der Waals surface area contributed by atoms with E-state index in [1.165, 1.54) is 31.2 Å². The van der Waals surface area contributed by atoms with E-state index in [2.05, 4.69) is 5.32 Å². The van der Waals surface area contributed by atoms with Crippen LogP contribution in [0.4, 0.5) is 29.3 Å². The Bertz CT molecular complexity index is 920. The van der Waals surface area contributed by atoms with Gasteiger partial charge in [0.15, 0.2) is 6.10 Å². The predicted molar refractivity (Wildman–Crippen MR) is 94.9 cm³/mol. The van der Waals surface area contributed by atoms with Gasteiger partial charge in [0, 0.05) is 17.8 Å². The van der Waals surface area contributed by atoms with E-state index >= 15 is 0 Å². The van der Waals surface area contributed by atoms with E-state index in [0.29, 0.717) is 0 Å². The monoisotopic (exact) mass is 412 g/mol. The van der Waals surface area contributed by atoms with E-state index in [1.54, 1.807) is 0 Å². The number of non-ortho nitro benzene ring substituents is 1. The number of benzene rings is 2. The smallest absolute Gasteiger partial charge is 0.416 e. The van der Waals surface area contributed by atoms with Gasteiger partial charge in [-0.15, -0.1) is 0 Å². The lowest BCUT2D eigenvalue weighted by Crippen LogP contribution is -2.48. The highest BCUT2D eigenvalue weighted by molar-refractivity contribution is 5.91. The number of rotatable bonds is 5. The van der Waals surface area contributed by atoms with E-state index in [0.717, 1.165) is 24.3 Å². The van der Waals surface area contributed by atoms with Gasteiger partial charge >= 0.3 is 12.2 Å². The lowest BCUT2D eigenvalue weighted by atomic mass is 10.2. The zero-order valence-electron chi connectivity index (χ0n) is 14.8. The molecule has 0 aliphatic carbocycles. The van der Waals surface area contributed by atoms with Crippen molar-refractivity contribution < 1.29 is 32.4 Å². The van der Waals surface area contributed by atoms with Crippen LogP contribution in [0.2, 0.25) is 0 Å². The molecular weight excluding hydrogens is 397 g/mol. The van der Waals surface area contributed by atoms with E-state index < -0.39 is 34.7 Å². The molecule has 29 heavy (non-hydrogen) atoms. The Hall–Kier alpha value is -3.83. The molecule has 154 valence electrons. The standard InChI is InChI=1S/C17H15F3N4O5/c1-10(29-14-7-2-4-11(8-14)17(18,19)20)15(25)22-23-16(26)21-12-5-3-6-13(9-12)24(27)28/h2-10H,1H3,(H,22,25)(H2,21,23,26)/t10-/m1/s1. The molecule has 0 bridgehead atoms. The molecule has 3 amide bonds. The third-order valence-electron chi connectivity index (χ3n) is 3.46. The highest BCUT2D eigenvalue weighted by atomic mass is 19.4. The van der Waals surface area contributed by atoms with Crippen molar-refractivity contribution in [3.05, 3.63) is 64.2 Å². The fraction of sp³-hybridized carbons (Fsp3) is 0.176. The minimum absolute atomic E-state index is 0.110. The summed E-state index contributed by atoms with van der Waals surface area (Å²) in [7, 11) is 0. The molecule has 0 radical (unpaired) electrons. The minimum atomic E-state index is -4.56. The second-order valence-electron chi connectivity index (χ2n) is 5.66. The molecule has 2 aromatic rings. The Morgan fingerprint density at radius 3 is 2.45 bits per heavy atom. The number of halogens is 3. The van der Waals surface area contributed by atoms with Crippen LogP contribution in [0.1, 0.15) is 12.5 Å². The number of nitro groups is 1. The first-order valence-corrected chi connectivity index (χ1v) is 8.01. The van der Waals surface area contributed by atoms with Gasteiger partial charge in [-0.3, -0.25) is 20.3 Å². The first-order chi connectivity index (χ1) is 13.6. The van der Waals surface area contributed by atoms with Crippen molar-refractivity contribution in [2.24, 2.45) is 0 Å². The first kappa shape index (κ1) is 21.5. The topological polar surface area (TPSA) is 123 Å². The maximum Gasteiger partial charge on any atom is 0.416 e. The fourth-order valence-electron chi connectivity index (χ4n) is 2.08. The van der Waals surface area contributed by atoms with Gasteiger partial charge in [0.2, 0.25) is 0 Å². The third-order valence-corrected chi connectivity index (χ3v) is 3.46. The van der Waals surface area contributed by atoms with Gasteiger partial charge in [-0.1, -0.05) is 12.1 Å². The number of nitrogens with zero attached hydrogens (tertiary/aromatic N) is 1. The Morgan fingerprint density at radius 1 is 1.10 bits per heavy atom. The van der Waals surface area contributed by atoms with Crippen LogP contribution in [0.15, 0.2) is 48.5 Å². The molecule has 0 fully saturated rings. The maximum absolute atomic E-state index is 12.7. The Kier molecular flexibility index (Phi) is 6.59. The predicted octanol–water partition coefficient (Wildman–Crippen LogP) is 3.23. The summed E-state index contributed by atoms with van der Waals surface area (Å²) >= 11 is 0. The van der Waals surface area contributed by atoms with E-state index in [4.69, 9.17) is 4.74 Å². The van der Waals surface area contributed by atoms with Crippen LogP contribution in [-0.4, -0.2) is 23.0 Å². The second-order valence-corrected chi connectivity index (χ2v) is 5.66. The Labute approximate surface area is 162 Å². The fourth-order valence-corrected chi connectivity index (χ4v) is 2.08. The third kappa shape index (κ3) is 6.37. The number of hydrogen-bond donors (Lipinski definition) is 3. The lowest BCUT2D eigenvalue weighted by molar-refractivity contribution is -0.384. The van der Waals surface area contributed by atoms with E-state index in [9.17, 15) is 32.9 Å². The molecule has 1 atom stereocenters. The van der Waals surface area contributed by atoms with Gasteiger partial charge in [-0.2, -0.15) is 13.2 Å². The highest BCUT2D eigenvalue weighted by Crippen LogP contribution is 2.31.